The Balaban J connectivity index is 0.000000163. The highest BCUT2D eigenvalue weighted by molar-refractivity contribution is 6.40. The predicted octanol–water partition coefficient (Wildman–Crippen LogP) is 21.9. The van der Waals surface area contributed by atoms with Gasteiger partial charge in [0, 0.05) is 50.9 Å². The number of halogens is 2. The Bertz CT molecular complexity index is 3790. The molecule has 31 atom stereocenters. The van der Waals surface area contributed by atoms with Gasteiger partial charge in [-0.2, -0.15) is 0 Å². The Kier molecular flexibility index (Phi) is 32.1. The van der Waals surface area contributed by atoms with Gasteiger partial charge in [0.25, 0.3) is 0 Å². The van der Waals surface area contributed by atoms with Crippen LogP contribution >= 0.6 is 23.2 Å². The fourth-order valence-electron chi connectivity index (χ4n) is 30.3. The van der Waals surface area contributed by atoms with Crippen molar-refractivity contribution in [1.29, 1.82) is 0 Å². The van der Waals surface area contributed by atoms with E-state index in [1.807, 2.05) is 36.5 Å². The summed E-state index contributed by atoms with van der Waals surface area (Å²) in [7, 11) is 0. The second kappa shape index (κ2) is 39.1. The van der Waals surface area contributed by atoms with Crippen LogP contribution in [-0.4, -0.2) is 159 Å². The number of carbonyl (C=O) groups excluding carboxylic acids is 1. The van der Waals surface area contributed by atoms with Gasteiger partial charge in [0.05, 0.1) is 54.0 Å². The molecule has 0 bridgehead atoms. The van der Waals surface area contributed by atoms with Crippen LogP contribution in [0.3, 0.4) is 0 Å². The van der Waals surface area contributed by atoms with Gasteiger partial charge < -0.3 is 73.3 Å². The normalized spacial score (nSPS) is 48.0. The van der Waals surface area contributed by atoms with Crippen LogP contribution in [0.1, 0.15) is 269 Å². The molecule has 7 heterocycles. The number of rotatable bonds is 18. The molecule has 14 fully saturated rings. The number of esters is 1. The average molecular weight is 1750 g/mol. The van der Waals surface area contributed by atoms with Gasteiger partial charge in [0.15, 0.2) is 18.9 Å². The molecule has 0 radical (unpaired) electrons. The zero-order valence-electron chi connectivity index (χ0n) is 69.5. The smallest absolute Gasteiger partial charge is 0.309 e. The van der Waals surface area contributed by atoms with Crippen LogP contribution in [0.4, 0.5) is 0 Å². The molecule has 7 aliphatic heterocycles. The lowest BCUT2D eigenvalue weighted by Crippen LogP contribution is -2.54. The van der Waals surface area contributed by atoms with Crippen LogP contribution in [0.15, 0.2) is 174 Å². The highest BCUT2D eigenvalue weighted by Crippen LogP contribution is 2.70. The van der Waals surface area contributed by atoms with E-state index in [0.717, 1.165) is 206 Å². The number of ether oxygens (including phenoxy) is 9. The Morgan fingerprint density at radius 3 is 0.951 bits per heavy atom. The zero-order chi connectivity index (χ0) is 82.2. The summed E-state index contributed by atoms with van der Waals surface area (Å²) in [6.45, 7) is 29.6. The second-order valence-corrected chi connectivity index (χ2v) is 40.3. The van der Waals surface area contributed by atoms with Gasteiger partial charge in [-0.1, -0.05) is 172 Å². The topological polar surface area (TPSA) is 222 Å². The molecular formula is C105H160Cl2O16. The van der Waals surface area contributed by atoms with Crippen LogP contribution in [0.5, 0.6) is 0 Å². The molecule has 0 aromatic rings. The lowest BCUT2D eigenvalue weighted by atomic mass is 9.72. The Labute approximate surface area is 751 Å². The summed E-state index contributed by atoms with van der Waals surface area (Å²) in [5.41, 5.74) is -7.69. The van der Waals surface area contributed by atoms with Gasteiger partial charge in [0.1, 0.15) is 56.0 Å². The Morgan fingerprint density at radius 1 is 0.333 bits per heavy atom. The summed E-state index contributed by atoms with van der Waals surface area (Å²) in [6, 6.07) is 0. The van der Waals surface area contributed by atoms with Crippen LogP contribution in [0.25, 0.3) is 0 Å². The van der Waals surface area contributed by atoms with Crippen molar-refractivity contribution in [2.45, 2.75) is 367 Å². The summed E-state index contributed by atoms with van der Waals surface area (Å²) < 4.78 is 58.3. The lowest BCUT2D eigenvalue weighted by molar-refractivity contribution is -0.263. The number of hydrogen-bond donors (Lipinski definition) is 6. The number of allylic oxidation sites excluding steroid dienone is 14. The van der Waals surface area contributed by atoms with Crippen molar-refractivity contribution in [1.82, 2.24) is 0 Å². The van der Waals surface area contributed by atoms with Crippen LogP contribution in [0, 0.1) is 82.9 Å². The van der Waals surface area contributed by atoms with Crippen molar-refractivity contribution in [2.24, 2.45) is 82.9 Å². The molecule has 14 aliphatic carbocycles. The van der Waals surface area contributed by atoms with Crippen molar-refractivity contribution in [3.8, 4) is 0 Å². The molecule has 21 aliphatic rings. The maximum Gasteiger partial charge on any atom is 0.309 e. The summed E-state index contributed by atoms with van der Waals surface area (Å²) in [5.74, 6) is 5.69. The highest BCUT2D eigenvalue weighted by atomic mass is 35.5. The third-order valence-corrected chi connectivity index (χ3v) is 34.6. The van der Waals surface area contributed by atoms with Crippen molar-refractivity contribution < 1.29 is 78.1 Å². The van der Waals surface area contributed by atoms with Gasteiger partial charge in [0.2, 0.25) is 0 Å². The van der Waals surface area contributed by atoms with Gasteiger partial charge in [-0.25, -0.2) is 0 Å². The molecule has 0 amide bonds. The predicted molar refractivity (Wildman–Crippen MR) is 495 cm³/mol. The van der Waals surface area contributed by atoms with E-state index in [1.165, 1.54) is 0 Å². The van der Waals surface area contributed by atoms with Crippen molar-refractivity contribution >= 4 is 29.2 Å². The molecule has 18 heteroatoms. The molecule has 21 rings (SSSR count). The van der Waals surface area contributed by atoms with Gasteiger partial charge >= 0.3 is 5.97 Å². The first-order chi connectivity index (χ1) is 56.4. The highest BCUT2D eigenvalue weighted by Gasteiger charge is 2.77. The fraction of sp³-hybridized carbons (Fsp3) is 0.724. The molecular weight excluding hydrogens is 1590 g/mol. The third kappa shape index (κ3) is 16.0. The van der Waals surface area contributed by atoms with Crippen LogP contribution in [0.2, 0.25) is 0 Å². The maximum atomic E-state index is 11.9. The monoisotopic (exact) mass is 1750 g/mol. The molecule has 1 unspecified atom stereocenters. The molecule has 123 heavy (non-hydrogen) atoms. The Morgan fingerprint density at radius 2 is 0.593 bits per heavy atom. The number of aliphatic hydroxyl groups is 6. The van der Waals surface area contributed by atoms with Gasteiger partial charge in [-0.15, -0.1) is 69.3 Å². The lowest BCUT2D eigenvalue weighted by Gasteiger charge is -2.45. The summed E-state index contributed by atoms with van der Waals surface area (Å²) >= 11 is 9.53. The number of alkyl halides is 2. The number of carbonyl (C=O) groups is 1. The first kappa shape index (κ1) is 101. The summed E-state index contributed by atoms with van der Waals surface area (Å²) in [6.07, 6.45) is 72.9. The van der Waals surface area contributed by atoms with E-state index in [-0.39, 0.29) is 109 Å². The minimum atomic E-state index is -0.951. The largest absolute Gasteiger partial charge is 0.455 e. The molecule has 0 aromatic heterocycles. The minimum Gasteiger partial charge on any atom is -0.455 e. The molecule has 7 spiro atoms. The van der Waals surface area contributed by atoms with E-state index in [1.54, 1.807) is 0 Å². The molecule has 6 N–H and O–H groups in total. The van der Waals surface area contributed by atoms with E-state index in [9.17, 15) is 35.4 Å². The quantitative estimate of drug-likeness (QED) is 0.0427. The SMILES string of the molecule is C.C.C.C.C.C.C=CC[C@@H]1C[C@]2(O)CC(=O)O[C@@]23CC=CC[C@H]13.C=CC[C@@H]1C[C@]2(O)CC(O)O[C@@]23CC=CC[C@H]13.C=CC[C@@H]1C[C@]2(O)CCO[C@@]23CC=CC[C@H]13.C=CC[C@@H]1C[C@]2(O)C[C@@H](O[C@@]34CCO[C@@]35CC=CC[C@@H]5[C@H](CC=C)C4)O[C@@]23CC=CC[C@H]13.C=CC[C@@H]1C[C@]2(O)C[C@H](O[C@@]34CCO[C@@]35CC=CC[C@@H]5[C@H](CC=C)C4)O[C@@]23CC=CC[C@H]13.ClCCl. The van der Waals surface area contributed by atoms with Crippen molar-refractivity contribution in [3.63, 3.8) is 0 Å². The standard InChI is InChI=1S/2C28H38O4.C14H20O3.C14H18O3.C14H20O2.CH2Cl2.6CH4/c2*1-3-9-20-17-25(29)19-24(32-27(25)13-7-5-11-22(20)27)31-26-15-16-30-28(26)14-8-6-12-23(28)21(18-26)10-4-2;2*1-2-5-10-8-13(16)9-12(15)17-14(13)7-4-3-6-11(10)14;1-2-5-11-10-13(15)8-9-16-14(13)7-4-3-6-12(11)14;2-1-3;;;;;;/h2*3-8,20-24,29H,1-2,9-19H2;2-4,10-12,15-16H,1,5-9H2;2-4,10-11,16H,1,5-9H2;2-4,11-12,15H,1,5-10H2;1H2;6*1H4/t20-,21-,22-,23-,24+,25+,26-,27-,28-;20-,21-,22-,23-,24-,25+,26-,27-,28-;10-,11-,12?,13+,14-;10-,11-,13+,14-;11-,12-,13-,14-;;;;;;;/m11111......./s1. The Hall–Kier alpha value is -4.15. The average Bonchev–Trinajstić information content (AvgIpc) is 1.52. The second-order valence-electron chi connectivity index (χ2n) is 39.5. The molecule has 690 valence electrons. The maximum absolute atomic E-state index is 11.9. The molecule has 0 aromatic carbocycles. The van der Waals surface area contributed by atoms with Crippen LogP contribution in [-0.2, 0) is 47.4 Å². The van der Waals surface area contributed by atoms with Crippen molar-refractivity contribution in [3.05, 3.63) is 174 Å². The van der Waals surface area contributed by atoms with E-state index in [0.29, 0.717) is 109 Å². The minimum absolute atomic E-state index is 0. The third-order valence-electron chi connectivity index (χ3n) is 34.6. The summed E-state index contributed by atoms with van der Waals surface area (Å²) in [5, 5.41) is 66.2. The van der Waals surface area contributed by atoms with Gasteiger partial charge in [-0.05, 0) is 250 Å². The van der Waals surface area contributed by atoms with Crippen molar-refractivity contribution in [2.75, 3.05) is 25.2 Å². The number of hydrogen-bond acceptors (Lipinski definition) is 16. The summed E-state index contributed by atoms with van der Waals surface area (Å²) in [4.78, 5) is 11.5. The fourth-order valence-corrected chi connectivity index (χ4v) is 30.3. The zero-order valence-corrected chi connectivity index (χ0v) is 71.0. The van der Waals surface area contributed by atoms with E-state index in [2.05, 4.69) is 137 Å². The van der Waals surface area contributed by atoms with E-state index >= 15 is 0 Å². The molecule has 7 saturated heterocycles. The first-order valence-corrected chi connectivity index (χ1v) is 46.2. The van der Waals surface area contributed by atoms with E-state index in [4.69, 9.17) is 65.8 Å². The number of aliphatic hydroxyl groups excluding tert-OH is 1. The molecule has 16 nitrogen and oxygen atoms in total. The molecule has 7 saturated carbocycles. The first-order valence-electron chi connectivity index (χ1n) is 45.1. The van der Waals surface area contributed by atoms with E-state index < -0.39 is 56.7 Å². The van der Waals surface area contributed by atoms with Gasteiger partial charge in [-0.3, -0.25) is 4.79 Å². The van der Waals surface area contributed by atoms with Crippen LogP contribution < -0.4 is 0 Å².